The highest BCUT2D eigenvalue weighted by molar-refractivity contribution is 7.10. The summed E-state index contributed by atoms with van der Waals surface area (Å²) in [6.45, 7) is 5.74. The Balaban J connectivity index is 2.12. The fourth-order valence-electron chi connectivity index (χ4n) is 2.81. The summed E-state index contributed by atoms with van der Waals surface area (Å²) >= 11 is 0.971. The molecule has 0 amide bonds. The number of hydrogen-bond donors (Lipinski definition) is 1. The van der Waals surface area contributed by atoms with Crippen LogP contribution >= 0.6 is 11.3 Å². The van der Waals surface area contributed by atoms with Crippen LogP contribution in [0.5, 0.6) is 0 Å². The molecule has 0 saturated heterocycles. The van der Waals surface area contributed by atoms with Crippen molar-refractivity contribution in [3.8, 4) is 11.1 Å². The van der Waals surface area contributed by atoms with Crippen LogP contribution in [0.2, 0.25) is 0 Å². The number of aromatic nitrogens is 1. The second-order valence-corrected chi connectivity index (χ2v) is 8.57. The molecule has 28 heavy (non-hydrogen) atoms. The van der Waals surface area contributed by atoms with Gasteiger partial charge in [-0.2, -0.15) is 0 Å². The topological polar surface area (TPSA) is 51.5 Å². The minimum atomic E-state index is -3.29. The van der Waals surface area contributed by atoms with Gasteiger partial charge >= 0.3 is 6.09 Å². The van der Waals surface area contributed by atoms with E-state index in [-0.39, 0.29) is 10.4 Å². The van der Waals surface area contributed by atoms with Crippen LogP contribution in [-0.2, 0) is 4.74 Å². The quantitative estimate of drug-likeness (QED) is 0.577. The number of thiophene rings is 1. The Morgan fingerprint density at radius 3 is 2.54 bits per heavy atom. The monoisotopic (exact) mass is 411 g/mol. The van der Waals surface area contributed by atoms with E-state index >= 15 is 0 Å². The zero-order valence-electron chi connectivity index (χ0n) is 15.8. The van der Waals surface area contributed by atoms with Gasteiger partial charge in [0.15, 0.2) is 6.10 Å². The molecule has 1 N–H and O–H groups in total. The number of carbonyl (C=O) groups excluding carboxylic acids is 1. The third-order valence-electron chi connectivity index (χ3n) is 4.05. The number of hydrogen-bond acceptors (Lipinski definition) is 4. The van der Waals surface area contributed by atoms with Crippen molar-refractivity contribution in [2.24, 2.45) is 0 Å². The molecule has 2 aromatic heterocycles. The van der Waals surface area contributed by atoms with Gasteiger partial charge in [-0.1, -0.05) is 12.1 Å². The van der Waals surface area contributed by atoms with E-state index in [1.54, 1.807) is 32.2 Å². The number of fused-ring (bicyclic) bond motifs is 1. The van der Waals surface area contributed by atoms with Gasteiger partial charge in [-0.15, -0.1) is 11.3 Å². The van der Waals surface area contributed by atoms with Gasteiger partial charge < -0.3 is 9.84 Å². The summed E-state index contributed by atoms with van der Waals surface area (Å²) in [5, 5.41) is 11.8. The molecule has 0 radical (unpaired) electrons. The van der Waals surface area contributed by atoms with Crippen LogP contribution in [0.1, 0.15) is 38.7 Å². The molecular formula is C20H20F3NO3S. The maximum Gasteiger partial charge on any atom is 0.419 e. The maximum absolute atomic E-state index is 14.5. The van der Waals surface area contributed by atoms with Crippen molar-refractivity contribution in [3.05, 3.63) is 46.5 Å². The lowest BCUT2D eigenvalue weighted by Gasteiger charge is -2.19. The SMILES string of the molecule is CC(C)(C)OC(=O)n1cc(-c2csc(C(O)C(C)(F)F)c2)c2cccc(F)c21. The molecule has 150 valence electrons. The average molecular weight is 411 g/mol. The van der Waals surface area contributed by atoms with E-state index in [9.17, 15) is 23.1 Å². The van der Waals surface area contributed by atoms with Gasteiger partial charge in [-0.25, -0.2) is 22.5 Å². The van der Waals surface area contributed by atoms with Crippen molar-refractivity contribution in [1.82, 2.24) is 4.57 Å². The zero-order valence-corrected chi connectivity index (χ0v) is 16.6. The number of para-hydroxylation sites is 1. The molecule has 1 unspecified atom stereocenters. The van der Waals surface area contributed by atoms with Crippen molar-refractivity contribution >= 4 is 28.3 Å². The second-order valence-electron chi connectivity index (χ2n) is 7.63. The molecule has 2 heterocycles. The highest BCUT2D eigenvalue weighted by Crippen LogP contribution is 2.39. The van der Waals surface area contributed by atoms with E-state index in [1.807, 2.05) is 0 Å². The molecule has 0 saturated carbocycles. The van der Waals surface area contributed by atoms with Gasteiger partial charge in [0, 0.05) is 28.9 Å². The third-order valence-corrected chi connectivity index (χ3v) is 5.03. The number of ether oxygens (including phenoxy) is 1. The Kier molecular flexibility index (Phi) is 5.05. The molecule has 0 aliphatic carbocycles. The summed E-state index contributed by atoms with van der Waals surface area (Å²) < 4.78 is 47.8. The first-order valence-electron chi connectivity index (χ1n) is 8.56. The summed E-state index contributed by atoms with van der Waals surface area (Å²) in [4.78, 5) is 12.6. The summed E-state index contributed by atoms with van der Waals surface area (Å²) in [6, 6.07) is 5.79. The van der Waals surface area contributed by atoms with Crippen molar-refractivity contribution in [2.75, 3.05) is 0 Å². The highest BCUT2D eigenvalue weighted by atomic mass is 32.1. The van der Waals surface area contributed by atoms with E-state index in [1.165, 1.54) is 24.4 Å². The minimum Gasteiger partial charge on any atom is -0.443 e. The molecule has 0 bridgehead atoms. The number of halogens is 3. The van der Waals surface area contributed by atoms with Gasteiger partial charge in [-0.3, -0.25) is 0 Å². The van der Waals surface area contributed by atoms with Crippen LogP contribution in [0.25, 0.3) is 22.0 Å². The summed E-state index contributed by atoms with van der Waals surface area (Å²) in [6.07, 6.45) is -1.27. The molecule has 0 fully saturated rings. The lowest BCUT2D eigenvalue weighted by molar-refractivity contribution is -0.0938. The van der Waals surface area contributed by atoms with Gasteiger partial charge in [0.05, 0.1) is 5.52 Å². The lowest BCUT2D eigenvalue weighted by Crippen LogP contribution is -2.26. The van der Waals surface area contributed by atoms with Crippen LogP contribution in [0.4, 0.5) is 18.0 Å². The molecule has 3 aromatic rings. The molecule has 1 atom stereocenters. The predicted octanol–water partition coefficient (Wildman–Crippen LogP) is 5.98. The van der Waals surface area contributed by atoms with Crippen LogP contribution in [-0.4, -0.2) is 27.3 Å². The smallest absolute Gasteiger partial charge is 0.419 e. The second kappa shape index (κ2) is 6.93. The number of benzene rings is 1. The first-order valence-corrected chi connectivity index (χ1v) is 9.44. The average Bonchev–Trinajstić information content (AvgIpc) is 3.16. The van der Waals surface area contributed by atoms with Crippen molar-refractivity contribution in [1.29, 1.82) is 0 Å². The van der Waals surface area contributed by atoms with E-state index in [4.69, 9.17) is 4.74 Å². The predicted molar refractivity (Wildman–Crippen MR) is 102 cm³/mol. The molecule has 1 aromatic carbocycles. The molecule has 0 aliphatic rings. The van der Waals surface area contributed by atoms with Gasteiger partial charge in [-0.05, 0) is 43.8 Å². The number of rotatable bonds is 3. The molecular weight excluding hydrogens is 391 g/mol. The lowest BCUT2D eigenvalue weighted by atomic mass is 10.1. The molecule has 3 rings (SSSR count). The van der Waals surface area contributed by atoms with E-state index in [0.29, 0.717) is 23.4 Å². The fourth-order valence-corrected chi connectivity index (χ4v) is 3.80. The minimum absolute atomic E-state index is 0.0425. The standard InChI is InChI=1S/C20H20F3NO3S/c1-19(2,3)27-18(26)24-9-13(12-6-5-7-14(21)16(12)24)11-8-15(28-10-11)17(25)20(4,22)23/h5-10,17,25H,1-4H3. The molecule has 4 nitrogen and oxygen atoms in total. The van der Waals surface area contributed by atoms with Crippen LogP contribution in [0.3, 0.4) is 0 Å². The number of aliphatic hydroxyl groups is 1. The number of aliphatic hydroxyl groups excluding tert-OH is 1. The first-order chi connectivity index (χ1) is 12.9. The Morgan fingerprint density at radius 1 is 1.25 bits per heavy atom. The van der Waals surface area contributed by atoms with Crippen LogP contribution in [0.15, 0.2) is 35.8 Å². The largest absolute Gasteiger partial charge is 0.443 e. The number of alkyl halides is 2. The normalized spacial score (nSPS) is 13.7. The number of carbonyl (C=O) groups is 1. The maximum atomic E-state index is 14.5. The summed E-state index contributed by atoms with van der Waals surface area (Å²) in [5.41, 5.74) is 0.252. The summed E-state index contributed by atoms with van der Waals surface area (Å²) in [5.74, 6) is -3.90. The zero-order chi connectivity index (χ0) is 20.9. The van der Waals surface area contributed by atoms with Crippen molar-refractivity contribution in [2.45, 2.75) is 45.3 Å². The Hall–Kier alpha value is -2.32. The van der Waals surface area contributed by atoms with Crippen molar-refractivity contribution in [3.63, 3.8) is 0 Å². The molecule has 0 spiro atoms. The van der Waals surface area contributed by atoms with Crippen LogP contribution < -0.4 is 0 Å². The Labute approximate surface area is 164 Å². The Morgan fingerprint density at radius 2 is 1.93 bits per heavy atom. The number of nitrogens with zero attached hydrogens (tertiary/aromatic N) is 1. The molecule has 0 aliphatic heterocycles. The van der Waals surface area contributed by atoms with Crippen LogP contribution in [0, 0.1) is 5.82 Å². The third kappa shape index (κ3) is 3.93. The highest BCUT2D eigenvalue weighted by Gasteiger charge is 2.35. The van der Waals surface area contributed by atoms with E-state index in [0.717, 1.165) is 15.9 Å². The molecule has 8 heteroatoms. The first kappa shape index (κ1) is 20.4. The van der Waals surface area contributed by atoms with Crippen molar-refractivity contribution < 1.29 is 27.8 Å². The fraction of sp³-hybridized carbons (Fsp3) is 0.350. The van der Waals surface area contributed by atoms with E-state index < -0.39 is 29.5 Å². The Bertz CT molecular complexity index is 1030. The summed E-state index contributed by atoms with van der Waals surface area (Å²) in [7, 11) is 0. The van der Waals surface area contributed by atoms with Gasteiger partial charge in [0.25, 0.3) is 5.92 Å². The van der Waals surface area contributed by atoms with Gasteiger partial charge in [0.2, 0.25) is 0 Å². The van der Waals surface area contributed by atoms with Gasteiger partial charge in [0.1, 0.15) is 11.4 Å². The van der Waals surface area contributed by atoms with E-state index in [2.05, 4.69) is 0 Å².